The van der Waals surface area contributed by atoms with Crippen molar-refractivity contribution in [3.8, 4) is 0 Å². The summed E-state index contributed by atoms with van der Waals surface area (Å²) in [6.07, 6.45) is 6.15. The van der Waals surface area contributed by atoms with Crippen molar-refractivity contribution in [1.29, 1.82) is 0 Å². The Balaban J connectivity index is 1.50. The first-order valence-electron chi connectivity index (χ1n) is 9.73. The van der Waals surface area contributed by atoms with Crippen LogP contribution in [0.5, 0.6) is 0 Å². The molecule has 0 bridgehead atoms. The fraction of sp³-hybridized carbons (Fsp3) is 0.500. The molecule has 1 saturated carbocycles. The van der Waals surface area contributed by atoms with Gasteiger partial charge in [0, 0.05) is 31.3 Å². The highest BCUT2D eigenvalue weighted by molar-refractivity contribution is 5.87. The van der Waals surface area contributed by atoms with E-state index in [2.05, 4.69) is 44.6 Å². The summed E-state index contributed by atoms with van der Waals surface area (Å²) in [6.45, 7) is 3.63. The number of aryl methyl sites for hydroxylation is 2. The van der Waals surface area contributed by atoms with Crippen LogP contribution in [0.1, 0.15) is 43.0 Å². The lowest BCUT2D eigenvalue weighted by atomic mass is 10.2. The van der Waals surface area contributed by atoms with Crippen LogP contribution in [0, 0.1) is 6.92 Å². The molecule has 7 nitrogen and oxygen atoms in total. The van der Waals surface area contributed by atoms with Gasteiger partial charge in [0.1, 0.15) is 11.8 Å². The second-order valence-corrected chi connectivity index (χ2v) is 7.82. The molecular weight excluding hydrogens is 340 g/mol. The maximum absolute atomic E-state index is 12.4. The monoisotopic (exact) mass is 364 g/mol. The molecular formula is C20H24N6O. The predicted molar refractivity (Wildman–Crippen MR) is 104 cm³/mol. The molecule has 27 heavy (non-hydrogen) atoms. The SMILES string of the molecule is Cc1cc2ncnc(N3CCCC3Cn3nc(C4CC4)ccc3=O)c2n1C. The van der Waals surface area contributed by atoms with E-state index in [1.807, 2.05) is 6.07 Å². The number of nitrogens with zero attached hydrogens (tertiary/aromatic N) is 6. The molecule has 3 aromatic heterocycles. The minimum absolute atomic E-state index is 0.0196. The maximum Gasteiger partial charge on any atom is 0.266 e. The molecule has 7 heteroatoms. The van der Waals surface area contributed by atoms with Gasteiger partial charge in [-0.15, -0.1) is 0 Å². The van der Waals surface area contributed by atoms with Crippen LogP contribution in [0.3, 0.4) is 0 Å². The van der Waals surface area contributed by atoms with Crippen LogP contribution in [-0.2, 0) is 13.6 Å². The third-order valence-corrected chi connectivity index (χ3v) is 5.96. The maximum atomic E-state index is 12.4. The van der Waals surface area contributed by atoms with E-state index in [0.717, 1.165) is 47.6 Å². The van der Waals surface area contributed by atoms with Crippen LogP contribution in [0.15, 0.2) is 29.3 Å². The van der Waals surface area contributed by atoms with E-state index >= 15 is 0 Å². The summed E-state index contributed by atoms with van der Waals surface area (Å²) in [4.78, 5) is 23.8. The molecule has 0 spiro atoms. The largest absolute Gasteiger partial charge is 0.350 e. The Bertz CT molecular complexity index is 1060. The molecule has 0 amide bonds. The number of anilines is 1. The predicted octanol–water partition coefficient (Wildman–Crippen LogP) is 2.38. The first-order chi connectivity index (χ1) is 13.1. The normalized spacial score (nSPS) is 19.9. The summed E-state index contributed by atoms with van der Waals surface area (Å²) in [5, 5.41) is 4.65. The van der Waals surface area contributed by atoms with E-state index < -0.39 is 0 Å². The molecule has 4 heterocycles. The van der Waals surface area contributed by atoms with E-state index in [0.29, 0.717) is 12.5 Å². The van der Waals surface area contributed by atoms with Gasteiger partial charge in [-0.1, -0.05) is 0 Å². The van der Waals surface area contributed by atoms with Crippen LogP contribution in [0.4, 0.5) is 5.82 Å². The summed E-state index contributed by atoms with van der Waals surface area (Å²) >= 11 is 0. The van der Waals surface area contributed by atoms with Gasteiger partial charge in [-0.3, -0.25) is 4.79 Å². The van der Waals surface area contributed by atoms with E-state index in [9.17, 15) is 4.79 Å². The van der Waals surface area contributed by atoms with Gasteiger partial charge in [0.15, 0.2) is 5.82 Å². The minimum Gasteiger partial charge on any atom is -0.350 e. The van der Waals surface area contributed by atoms with Crippen LogP contribution in [-0.4, -0.2) is 36.9 Å². The standard InChI is InChI=1S/C20H24N6O/c1-13-10-17-19(24(13)2)20(22-12-21-17)25-9-3-4-15(25)11-26-18(27)8-7-16(23-26)14-5-6-14/h7-8,10,12,14-15H,3-6,9,11H2,1-2H3. The Morgan fingerprint density at radius 2 is 2.04 bits per heavy atom. The first kappa shape index (κ1) is 16.5. The first-order valence-corrected chi connectivity index (χ1v) is 9.73. The summed E-state index contributed by atoms with van der Waals surface area (Å²) in [5.41, 5.74) is 4.23. The Kier molecular flexibility index (Phi) is 3.77. The Hall–Kier alpha value is -2.70. The van der Waals surface area contributed by atoms with Crippen molar-refractivity contribution in [2.45, 2.75) is 51.1 Å². The molecule has 5 rings (SSSR count). The highest BCUT2D eigenvalue weighted by Crippen LogP contribution is 2.38. The second-order valence-electron chi connectivity index (χ2n) is 7.82. The zero-order valence-corrected chi connectivity index (χ0v) is 15.8. The molecule has 140 valence electrons. The highest BCUT2D eigenvalue weighted by Gasteiger charge is 2.30. The van der Waals surface area contributed by atoms with Crippen molar-refractivity contribution < 1.29 is 0 Å². The summed E-state index contributed by atoms with van der Waals surface area (Å²) in [7, 11) is 2.06. The van der Waals surface area contributed by atoms with Crippen LogP contribution >= 0.6 is 0 Å². The molecule has 0 radical (unpaired) electrons. The zero-order valence-electron chi connectivity index (χ0n) is 15.8. The van der Waals surface area contributed by atoms with Crippen LogP contribution < -0.4 is 10.5 Å². The molecule has 3 aromatic rings. The highest BCUT2D eigenvalue weighted by atomic mass is 16.1. The van der Waals surface area contributed by atoms with Crippen molar-refractivity contribution in [2.75, 3.05) is 11.4 Å². The van der Waals surface area contributed by atoms with Crippen molar-refractivity contribution in [3.05, 3.63) is 46.3 Å². The quantitative estimate of drug-likeness (QED) is 0.711. The molecule has 2 aliphatic rings. The molecule has 1 aliphatic heterocycles. The Morgan fingerprint density at radius 1 is 1.19 bits per heavy atom. The lowest BCUT2D eigenvalue weighted by molar-refractivity contribution is 0.481. The number of hydrogen-bond donors (Lipinski definition) is 0. The van der Waals surface area contributed by atoms with Crippen molar-refractivity contribution >= 4 is 16.9 Å². The number of fused-ring (bicyclic) bond motifs is 1. The average molecular weight is 364 g/mol. The molecule has 1 saturated heterocycles. The summed E-state index contributed by atoms with van der Waals surface area (Å²) < 4.78 is 3.81. The number of rotatable bonds is 4. The van der Waals surface area contributed by atoms with Crippen molar-refractivity contribution in [2.24, 2.45) is 7.05 Å². The number of aromatic nitrogens is 5. The van der Waals surface area contributed by atoms with E-state index in [4.69, 9.17) is 0 Å². The third kappa shape index (κ3) is 2.81. The van der Waals surface area contributed by atoms with Gasteiger partial charge in [0.2, 0.25) is 0 Å². The molecule has 0 aromatic carbocycles. The smallest absolute Gasteiger partial charge is 0.266 e. The van der Waals surface area contributed by atoms with Gasteiger partial charge in [0.25, 0.3) is 5.56 Å². The Labute approximate surface area is 157 Å². The second kappa shape index (κ2) is 6.18. The van der Waals surface area contributed by atoms with Gasteiger partial charge in [-0.25, -0.2) is 14.6 Å². The van der Waals surface area contributed by atoms with Gasteiger partial charge in [0.05, 0.1) is 23.8 Å². The summed E-state index contributed by atoms with van der Waals surface area (Å²) in [5.74, 6) is 1.51. The average Bonchev–Trinajstić information content (AvgIpc) is 3.34. The lowest BCUT2D eigenvalue weighted by Crippen LogP contribution is -2.38. The molecule has 1 atom stereocenters. The van der Waals surface area contributed by atoms with E-state index in [1.165, 1.54) is 12.8 Å². The number of hydrogen-bond acceptors (Lipinski definition) is 5. The van der Waals surface area contributed by atoms with Gasteiger partial charge in [-0.05, 0) is 44.7 Å². The molecule has 2 fully saturated rings. The van der Waals surface area contributed by atoms with Gasteiger partial charge >= 0.3 is 0 Å². The van der Waals surface area contributed by atoms with Crippen LogP contribution in [0.25, 0.3) is 11.0 Å². The van der Waals surface area contributed by atoms with Crippen LogP contribution in [0.2, 0.25) is 0 Å². The molecule has 0 N–H and O–H groups in total. The Morgan fingerprint density at radius 3 is 2.85 bits per heavy atom. The van der Waals surface area contributed by atoms with Crippen molar-refractivity contribution in [3.63, 3.8) is 0 Å². The fourth-order valence-electron chi connectivity index (χ4n) is 4.19. The minimum atomic E-state index is -0.0196. The topological polar surface area (TPSA) is 68.8 Å². The van der Waals surface area contributed by atoms with E-state index in [1.54, 1.807) is 17.1 Å². The lowest BCUT2D eigenvalue weighted by Gasteiger charge is -2.26. The summed E-state index contributed by atoms with van der Waals surface area (Å²) in [6, 6.07) is 5.88. The third-order valence-electron chi connectivity index (χ3n) is 5.96. The fourth-order valence-corrected chi connectivity index (χ4v) is 4.19. The molecule has 1 aliphatic carbocycles. The van der Waals surface area contributed by atoms with Crippen molar-refractivity contribution in [1.82, 2.24) is 24.3 Å². The molecule has 1 unspecified atom stereocenters. The van der Waals surface area contributed by atoms with Gasteiger partial charge in [-0.2, -0.15) is 5.10 Å². The van der Waals surface area contributed by atoms with E-state index in [-0.39, 0.29) is 11.6 Å². The zero-order chi connectivity index (χ0) is 18.5. The van der Waals surface area contributed by atoms with Gasteiger partial charge < -0.3 is 9.47 Å².